The zero-order chi connectivity index (χ0) is 39.9. The molecule has 18 nitrogen and oxygen atoms in total. The van der Waals surface area contributed by atoms with Gasteiger partial charge in [0.15, 0.2) is 5.96 Å². The summed E-state index contributed by atoms with van der Waals surface area (Å²) in [7, 11) is 0. The Labute approximate surface area is 318 Å². The first kappa shape index (κ1) is 43.5. The highest BCUT2D eigenvalue weighted by Gasteiger charge is 2.40. The van der Waals surface area contributed by atoms with Crippen LogP contribution in [0.15, 0.2) is 35.5 Å². The molecule has 0 saturated carbocycles. The lowest BCUT2D eigenvalue weighted by Crippen LogP contribution is -2.60. The maximum Gasteiger partial charge on any atom is 0.326 e. The van der Waals surface area contributed by atoms with Gasteiger partial charge in [-0.05, 0) is 61.7 Å². The van der Waals surface area contributed by atoms with Gasteiger partial charge >= 0.3 is 5.97 Å². The van der Waals surface area contributed by atoms with Crippen LogP contribution in [0.4, 0.5) is 0 Å². The number of nitrogens with two attached hydrogens (primary N) is 3. The highest BCUT2D eigenvalue weighted by Crippen LogP contribution is 2.21. The van der Waals surface area contributed by atoms with Crippen LogP contribution in [-0.4, -0.2) is 130 Å². The number of carbonyl (C=O) groups excluding carboxylic acids is 5. The Balaban J connectivity index is 1.90. The molecule has 0 unspecified atom stereocenters. The fourth-order valence-electron chi connectivity index (χ4n) is 6.13. The van der Waals surface area contributed by atoms with Crippen molar-refractivity contribution >= 4 is 64.1 Å². The van der Waals surface area contributed by atoms with Crippen LogP contribution in [0.5, 0.6) is 0 Å². The number of nitrogens with one attached hydrogen (secondary N) is 5. The maximum atomic E-state index is 14.1. The van der Waals surface area contributed by atoms with Gasteiger partial charge in [0.1, 0.15) is 30.2 Å². The molecule has 5 amide bonds. The number of carbonyl (C=O) groups is 6. The minimum Gasteiger partial charge on any atom is -0.480 e. The Kier molecular flexibility index (Phi) is 17.0. The Morgan fingerprint density at radius 3 is 2.26 bits per heavy atom. The summed E-state index contributed by atoms with van der Waals surface area (Å²) in [6, 6.07) is 0.276. The molecular formula is C35H54N10O8S. The van der Waals surface area contributed by atoms with Crippen molar-refractivity contribution in [3.63, 3.8) is 0 Å². The molecule has 1 saturated heterocycles. The van der Waals surface area contributed by atoms with Gasteiger partial charge in [0.25, 0.3) is 0 Å². The summed E-state index contributed by atoms with van der Waals surface area (Å²) in [4.78, 5) is 88.0. The van der Waals surface area contributed by atoms with Gasteiger partial charge in [-0.2, -0.15) is 11.8 Å². The summed E-state index contributed by atoms with van der Waals surface area (Å²) >= 11 is 1.50. The number of guanidine groups is 1. The van der Waals surface area contributed by atoms with Crippen molar-refractivity contribution in [3.8, 4) is 0 Å². The van der Waals surface area contributed by atoms with E-state index in [1.54, 1.807) is 20.0 Å². The van der Waals surface area contributed by atoms with Gasteiger partial charge in [0, 0.05) is 36.6 Å². The molecule has 1 aliphatic rings. The van der Waals surface area contributed by atoms with E-state index in [0.717, 1.165) is 10.9 Å². The number of para-hydroxylation sites is 1. The number of benzene rings is 1. The number of aliphatic hydroxyl groups excluding tert-OH is 1. The number of H-pyrrole nitrogens is 1. The average Bonchev–Trinajstić information content (AvgIpc) is 3.80. The fourth-order valence-corrected chi connectivity index (χ4v) is 6.62. The molecule has 1 aliphatic heterocycles. The van der Waals surface area contributed by atoms with Gasteiger partial charge in [0.05, 0.1) is 12.6 Å². The number of aliphatic carboxylic acids is 1. The van der Waals surface area contributed by atoms with Crippen molar-refractivity contribution in [1.82, 2.24) is 31.2 Å². The summed E-state index contributed by atoms with van der Waals surface area (Å²) in [5.74, 6) is -4.69. The smallest absolute Gasteiger partial charge is 0.326 e. The van der Waals surface area contributed by atoms with E-state index >= 15 is 0 Å². The average molecular weight is 775 g/mol. The summed E-state index contributed by atoms with van der Waals surface area (Å²) in [6.07, 6.45) is 4.88. The van der Waals surface area contributed by atoms with Crippen molar-refractivity contribution in [1.29, 1.82) is 0 Å². The molecule has 0 aliphatic carbocycles. The van der Waals surface area contributed by atoms with Crippen LogP contribution in [0.25, 0.3) is 10.9 Å². The molecule has 298 valence electrons. The van der Waals surface area contributed by atoms with Gasteiger partial charge in [0.2, 0.25) is 29.5 Å². The largest absolute Gasteiger partial charge is 0.480 e. The Hall–Kier alpha value is -4.88. The molecule has 2 heterocycles. The van der Waals surface area contributed by atoms with Gasteiger partial charge in [-0.3, -0.25) is 29.0 Å². The highest BCUT2D eigenvalue weighted by molar-refractivity contribution is 7.98. The fraction of sp³-hybridized carbons (Fsp3) is 0.571. The van der Waals surface area contributed by atoms with Gasteiger partial charge < -0.3 is 58.6 Å². The number of aliphatic hydroxyl groups is 1. The molecule has 3 rings (SSSR count). The van der Waals surface area contributed by atoms with E-state index in [4.69, 9.17) is 17.2 Å². The molecule has 1 aromatic heterocycles. The molecule has 13 N–H and O–H groups in total. The number of thioether (sulfide) groups is 1. The number of carboxylic acid groups (broad SMARTS) is 1. The van der Waals surface area contributed by atoms with Gasteiger partial charge in [-0.15, -0.1) is 0 Å². The number of aromatic amines is 1. The van der Waals surface area contributed by atoms with E-state index in [1.165, 1.54) is 16.7 Å². The SMILES string of the molecule is CSCC[C@H](N)C(=O)N[C@@H](CO)C(=O)N[C@@H](Cc1c[nH]c2ccccc12)C(=O)N[C@@H](CCCN=C(N)N)C(=O)N[C@H](C(=O)N1CCC[C@H]1C(=O)O)C(C)C. The number of carboxylic acids is 1. The molecule has 0 spiro atoms. The molecule has 0 bridgehead atoms. The lowest BCUT2D eigenvalue weighted by molar-refractivity contribution is -0.150. The van der Waals surface area contributed by atoms with E-state index in [0.29, 0.717) is 30.6 Å². The quantitative estimate of drug-likeness (QED) is 0.0394. The van der Waals surface area contributed by atoms with Crippen LogP contribution in [0.2, 0.25) is 0 Å². The van der Waals surface area contributed by atoms with Crippen molar-refractivity contribution in [3.05, 3.63) is 36.0 Å². The second-order valence-electron chi connectivity index (χ2n) is 13.5. The van der Waals surface area contributed by atoms with Gasteiger partial charge in [-0.1, -0.05) is 32.0 Å². The predicted octanol–water partition coefficient (Wildman–Crippen LogP) is -1.49. The third-order valence-electron chi connectivity index (χ3n) is 9.15. The first-order valence-electron chi connectivity index (χ1n) is 17.9. The van der Waals surface area contributed by atoms with Crippen molar-refractivity contribution < 1.29 is 39.0 Å². The van der Waals surface area contributed by atoms with Gasteiger partial charge in [-0.25, -0.2) is 4.79 Å². The topological polar surface area (TPSA) is 300 Å². The van der Waals surface area contributed by atoms with E-state index in [1.807, 2.05) is 30.5 Å². The van der Waals surface area contributed by atoms with Crippen LogP contribution in [0, 0.1) is 5.92 Å². The molecule has 0 radical (unpaired) electrons. The molecule has 1 fully saturated rings. The molecule has 19 heteroatoms. The number of fused-ring (bicyclic) bond motifs is 1. The predicted molar refractivity (Wildman–Crippen MR) is 205 cm³/mol. The second-order valence-corrected chi connectivity index (χ2v) is 14.5. The van der Waals surface area contributed by atoms with E-state index in [-0.39, 0.29) is 38.3 Å². The Bertz CT molecular complexity index is 1650. The third kappa shape index (κ3) is 12.3. The Morgan fingerprint density at radius 2 is 1.61 bits per heavy atom. The van der Waals surface area contributed by atoms with Crippen molar-refractivity contribution in [2.45, 2.75) is 88.6 Å². The number of amides is 5. The van der Waals surface area contributed by atoms with Crippen LogP contribution in [0.1, 0.15) is 51.5 Å². The van der Waals surface area contributed by atoms with Crippen LogP contribution < -0.4 is 38.5 Å². The summed E-state index contributed by atoms with van der Waals surface area (Å²) in [5, 5.41) is 31.0. The third-order valence-corrected chi connectivity index (χ3v) is 9.79. The second kappa shape index (κ2) is 21.1. The number of hydrogen-bond donors (Lipinski definition) is 10. The first-order valence-corrected chi connectivity index (χ1v) is 19.3. The lowest BCUT2D eigenvalue weighted by atomic mass is 10.00. The van der Waals surface area contributed by atoms with Crippen molar-refractivity contribution in [2.24, 2.45) is 28.1 Å². The van der Waals surface area contributed by atoms with Crippen LogP contribution in [0.3, 0.4) is 0 Å². The van der Waals surface area contributed by atoms with E-state index in [2.05, 4.69) is 31.2 Å². The first-order chi connectivity index (χ1) is 25.7. The minimum atomic E-state index is -1.44. The number of aromatic nitrogens is 1. The summed E-state index contributed by atoms with van der Waals surface area (Å²) < 4.78 is 0. The minimum absolute atomic E-state index is 0.0197. The lowest BCUT2D eigenvalue weighted by Gasteiger charge is -2.31. The van der Waals surface area contributed by atoms with Crippen LogP contribution in [-0.2, 0) is 35.2 Å². The standard InChI is InChI=1S/C35H54N10O8S/c1-19(2)28(33(51)45-14-7-11-27(45)34(52)53)44-30(48)24(10-6-13-39-35(37)38)41-31(49)25(16-20-17-40-23-9-5-4-8-21(20)23)42-32(50)26(18-46)43-29(47)22(36)12-15-54-3/h4-5,8-9,17,19,22,24-28,40,46H,6-7,10-16,18,36H2,1-3H3,(H,41,49)(H,42,50)(H,43,47)(H,44,48)(H,52,53)(H4,37,38,39)/t22-,24-,25-,26-,27-,28-/m0/s1. The number of nitrogens with zero attached hydrogens (tertiary/aromatic N) is 2. The van der Waals surface area contributed by atoms with Crippen molar-refractivity contribution in [2.75, 3.05) is 31.7 Å². The molecule has 54 heavy (non-hydrogen) atoms. The number of rotatable bonds is 21. The van der Waals surface area contributed by atoms with Crippen LogP contribution >= 0.6 is 11.8 Å². The Morgan fingerprint density at radius 1 is 0.963 bits per heavy atom. The number of likely N-dealkylation sites (tertiary alicyclic amines) is 1. The molecule has 2 aromatic rings. The summed E-state index contributed by atoms with van der Waals surface area (Å²) in [6.45, 7) is 2.98. The van der Waals surface area contributed by atoms with E-state index in [9.17, 15) is 39.0 Å². The molecule has 1 aromatic carbocycles. The number of hydrogen-bond acceptors (Lipinski definition) is 10. The zero-order valence-electron chi connectivity index (χ0n) is 30.9. The highest BCUT2D eigenvalue weighted by atomic mass is 32.2. The normalized spacial score (nSPS) is 16.9. The molecule has 6 atom stereocenters. The van der Waals surface area contributed by atoms with E-state index < -0.39 is 84.3 Å². The zero-order valence-corrected chi connectivity index (χ0v) is 31.7. The number of aliphatic imine (C=N–C) groups is 1. The monoisotopic (exact) mass is 774 g/mol. The summed E-state index contributed by atoms with van der Waals surface area (Å²) in [5.41, 5.74) is 18.3. The maximum absolute atomic E-state index is 14.1. The molecular weight excluding hydrogens is 721 g/mol.